The van der Waals surface area contributed by atoms with E-state index in [2.05, 4.69) is 16.0 Å². The van der Waals surface area contributed by atoms with Gasteiger partial charge in [-0.15, -0.1) is 11.3 Å². The van der Waals surface area contributed by atoms with E-state index in [0.717, 1.165) is 0 Å². The molecule has 170 valence electrons. The van der Waals surface area contributed by atoms with Crippen molar-refractivity contribution in [2.75, 3.05) is 23.1 Å². The van der Waals surface area contributed by atoms with Crippen molar-refractivity contribution in [3.63, 3.8) is 0 Å². The number of carbonyl (C=O) groups is 3. The predicted octanol–water partition coefficient (Wildman–Crippen LogP) is 5.51. The molecule has 7 nitrogen and oxygen atoms in total. The second kappa shape index (κ2) is 10.5. The highest BCUT2D eigenvalue weighted by Gasteiger charge is 2.11. The lowest BCUT2D eigenvalue weighted by molar-refractivity contribution is 0.101. The number of hydrogen-bond acceptors (Lipinski definition) is 5. The summed E-state index contributed by atoms with van der Waals surface area (Å²) < 4.78 is 5.11. The first-order valence-electron chi connectivity index (χ1n) is 10.3. The summed E-state index contributed by atoms with van der Waals surface area (Å²) in [5.74, 6) is -0.0472. The summed E-state index contributed by atoms with van der Waals surface area (Å²) in [5.41, 5.74) is 2.71. The van der Waals surface area contributed by atoms with Gasteiger partial charge < -0.3 is 20.7 Å². The molecule has 0 saturated carbocycles. The van der Waals surface area contributed by atoms with Crippen molar-refractivity contribution in [3.05, 3.63) is 106 Å². The minimum Gasteiger partial charge on any atom is -0.497 e. The second-order valence-electron chi connectivity index (χ2n) is 7.22. The van der Waals surface area contributed by atoms with Crippen molar-refractivity contribution in [1.82, 2.24) is 0 Å². The first-order valence-corrected chi connectivity index (χ1v) is 11.2. The molecule has 0 spiro atoms. The van der Waals surface area contributed by atoms with Crippen LogP contribution in [0.1, 0.15) is 30.4 Å². The normalized spacial score (nSPS) is 10.3. The molecule has 0 atom stereocenters. The van der Waals surface area contributed by atoms with Crippen molar-refractivity contribution in [2.45, 2.75) is 0 Å². The molecule has 3 N–H and O–H groups in total. The zero-order valence-electron chi connectivity index (χ0n) is 18.2. The van der Waals surface area contributed by atoms with Gasteiger partial charge in [0.2, 0.25) is 0 Å². The Morgan fingerprint density at radius 1 is 0.618 bits per heavy atom. The molecule has 0 unspecified atom stereocenters. The van der Waals surface area contributed by atoms with E-state index in [1.54, 1.807) is 86.0 Å². The Morgan fingerprint density at radius 3 is 1.47 bits per heavy atom. The Labute approximate surface area is 200 Å². The van der Waals surface area contributed by atoms with Gasteiger partial charge in [-0.2, -0.15) is 0 Å². The molecular formula is C26H21N3O4S. The number of hydrogen-bond donors (Lipinski definition) is 3. The number of rotatable bonds is 7. The van der Waals surface area contributed by atoms with Gasteiger partial charge in [-0.25, -0.2) is 0 Å². The second-order valence-corrected chi connectivity index (χ2v) is 8.17. The molecule has 4 aromatic rings. The fourth-order valence-corrected chi connectivity index (χ4v) is 3.71. The first-order chi connectivity index (χ1) is 16.5. The predicted molar refractivity (Wildman–Crippen MR) is 134 cm³/mol. The molecule has 0 aliphatic heterocycles. The van der Waals surface area contributed by atoms with Crippen molar-refractivity contribution in [2.24, 2.45) is 0 Å². The fraction of sp³-hybridized carbons (Fsp3) is 0.0385. The summed E-state index contributed by atoms with van der Waals surface area (Å²) in [5, 5.41) is 10.2. The van der Waals surface area contributed by atoms with Crippen LogP contribution < -0.4 is 20.7 Å². The largest absolute Gasteiger partial charge is 0.497 e. The minimum atomic E-state index is -0.299. The summed E-state index contributed by atoms with van der Waals surface area (Å²) in [4.78, 5) is 37.7. The van der Waals surface area contributed by atoms with Crippen LogP contribution in [0.15, 0.2) is 90.3 Å². The van der Waals surface area contributed by atoms with Gasteiger partial charge in [0.05, 0.1) is 12.0 Å². The van der Waals surface area contributed by atoms with Gasteiger partial charge in [0.15, 0.2) is 0 Å². The Balaban J connectivity index is 1.33. The van der Waals surface area contributed by atoms with Crippen molar-refractivity contribution < 1.29 is 19.1 Å². The van der Waals surface area contributed by atoms with Crippen LogP contribution in [0.5, 0.6) is 5.75 Å². The van der Waals surface area contributed by atoms with Crippen LogP contribution >= 0.6 is 11.3 Å². The zero-order valence-corrected chi connectivity index (χ0v) is 19.0. The molecule has 0 saturated heterocycles. The van der Waals surface area contributed by atoms with E-state index in [0.29, 0.717) is 38.8 Å². The molecule has 0 aliphatic rings. The van der Waals surface area contributed by atoms with E-state index >= 15 is 0 Å². The van der Waals surface area contributed by atoms with Crippen LogP contribution in [0.3, 0.4) is 0 Å². The highest BCUT2D eigenvalue weighted by Crippen LogP contribution is 2.18. The Bertz CT molecular complexity index is 1280. The maximum atomic E-state index is 12.6. The topological polar surface area (TPSA) is 96.5 Å². The standard InChI is InChI=1S/C26H21N3O4S/c1-33-22-14-12-21(13-15-22)28-25(31)17-4-8-19(9-5-17)27-24(30)18-6-10-20(11-7-18)29-26(32)23-3-2-16-34-23/h2-16H,1H3,(H,27,30)(H,28,31)(H,29,32). The third-order valence-corrected chi connectivity index (χ3v) is 5.77. The van der Waals surface area contributed by atoms with E-state index in [-0.39, 0.29) is 17.7 Å². The Morgan fingerprint density at radius 2 is 1.06 bits per heavy atom. The Kier molecular flexibility index (Phi) is 7.00. The number of ether oxygens (including phenoxy) is 1. The lowest BCUT2D eigenvalue weighted by Gasteiger charge is -2.09. The van der Waals surface area contributed by atoms with Gasteiger partial charge in [-0.3, -0.25) is 14.4 Å². The van der Waals surface area contributed by atoms with Crippen LogP contribution in [0.2, 0.25) is 0 Å². The molecule has 0 aliphatic carbocycles. The monoisotopic (exact) mass is 471 g/mol. The summed E-state index contributed by atoms with van der Waals surface area (Å²) in [6, 6.07) is 23.8. The van der Waals surface area contributed by atoms with Crippen LogP contribution in [0.4, 0.5) is 17.1 Å². The molecule has 0 radical (unpaired) electrons. The molecule has 3 aromatic carbocycles. The SMILES string of the molecule is COc1ccc(NC(=O)c2ccc(NC(=O)c3ccc(NC(=O)c4cccs4)cc3)cc2)cc1. The molecule has 8 heteroatoms. The van der Waals surface area contributed by atoms with Crippen LogP contribution in [-0.2, 0) is 0 Å². The number of benzene rings is 3. The number of anilines is 3. The molecule has 0 fully saturated rings. The summed E-state index contributed by atoms with van der Waals surface area (Å²) in [6.07, 6.45) is 0. The highest BCUT2D eigenvalue weighted by molar-refractivity contribution is 7.12. The third kappa shape index (κ3) is 5.67. The number of methoxy groups -OCH3 is 1. The quantitative estimate of drug-likeness (QED) is 0.331. The van der Waals surface area contributed by atoms with Crippen molar-refractivity contribution >= 4 is 46.1 Å². The lowest BCUT2D eigenvalue weighted by atomic mass is 10.1. The zero-order chi connectivity index (χ0) is 23.9. The van der Waals surface area contributed by atoms with Crippen LogP contribution in [-0.4, -0.2) is 24.8 Å². The van der Waals surface area contributed by atoms with Gasteiger partial charge in [0, 0.05) is 28.2 Å². The van der Waals surface area contributed by atoms with Crippen LogP contribution in [0, 0.1) is 0 Å². The van der Waals surface area contributed by atoms with Gasteiger partial charge in [-0.05, 0) is 84.2 Å². The average molecular weight is 472 g/mol. The van der Waals surface area contributed by atoms with E-state index in [1.165, 1.54) is 11.3 Å². The number of thiophene rings is 1. The molecule has 3 amide bonds. The summed E-state index contributed by atoms with van der Waals surface area (Å²) in [6.45, 7) is 0. The van der Waals surface area contributed by atoms with E-state index in [9.17, 15) is 14.4 Å². The molecule has 34 heavy (non-hydrogen) atoms. The molecular weight excluding hydrogens is 450 g/mol. The van der Waals surface area contributed by atoms with Crippen molar-refractivity contribution in [3.8, 4) is 5.75 Å². The maximum absolute atomic E-state index is 12.6. The summed E-state index contributed by atoms with van der Waals surface area (Å²) in [7, 11) is 1.58. The Hall–Kier alpha value is -4.43. The summed E-state index contributed by atoms with van der Waals surface area (Å²) >= 11 is 1.36. The number of carbonyl (C=O) groups excluding carboxylic acids is 3. The molecule has 1 heterocycles. The van der Waals surface area contributed by atoms with Gasteiger partial charge in [-0.1, -0.05) is 6.07 Å². The van der Waals surface area contributed by atoms with Gasteiger partial charge >= 0.3 is 0 Å². The van der Waals surface area contributed by atoms with Crippen LogP contribution in [0.25, 0.3) is 0 Å². The van der Waals surface area contributed by atoms with Crippen molar-refractivity contribution in [1.29, 1.82) is 0 Å². The van der Waals surface area contributed by atoms with Gasteiger partial charge in [0.25, 0.3) is 17.7 Å². The minimum absolute atomic E-state index is 0.191. The smallest absolute Gasteiger partial charge is 0.265 e. The fourth-order valence-electron chi connectivity index (χ4n) is 3.09. The van der Waals surface area contributed by atoms with E-state index in [4.69, 9.17) is 4.74 Å². The highest BCUT2D eigenvalue weighted by atomic mass is 32.1. The number of nitrogens with one attached hydrogen (secondary N) is 3. The average Bonchev–Trinajstić information content (AvgIpc) is 3.41. The van der Waals surface area contributed by atoms with E-state index < -0.39 is 0 Å². The van der Waals surface area contributed by atoms with E-state index in [1.807, 2.05) is 11.4 Å². The van der Waals surface area contributed by atoms with Gasteiger partial charge in [0.1, 0.15) is 5.75 Å². The number of amides is 3. The first kappa shape index (κ1) is 22.8. The molecule has 4 rings (SSSR count). The molecule has 1 aromatic heterocycles. The third-order valence-electron chi connectivity index (χ3n) is 4.90. The maximum Gasteiger partial charge on any atom is 0.265 e. The molecule has 0 bridgehead atoms. The lowest BCUT2D eigenvalue weighted by Crippen LogP contribution is -2.14.